The Bertz CT molecular complexity index is 1030. The van der Waals surface area contributed by atoms with E-state index in [0.717, 1.165) is 39.9 Å². The average Bonchev–Trinajstić information content (AvgIpc) is 3.51. The quantitative estimate of drug-likeness (QED) is 0.740. The first-order valence-corrected chi connectivity index (χ1v) is 9.30. The normalized spacial score (nSPS) is 19.2. The second kappa shape index (κ2) is 5.99. The number of benzene rings is 2. The molecule has 1 aliphatic heterocycles. The number of hydrogen-bond acceptors (Lipinski definition) is 3. The topological polar surface area (TPSA) is 43.9 Å². The fourth-order valence-electron chi connectivity index (χ4n) is 4.00. The minimum atomic E-state index is -0.231. The molecule has 1 saturated carbocycles. The highest BCUT2D eigenvalue weighted by atomic mass is 16.5. The van der Waals surface area contributed by atoms with Crippen LogP contribution in [0.25, 0.3) is 11.0 Å². The maximum atomic E-state index is 12.8. The van der Waals surface area contributed by atoms with Gasteiger partial charge in [0.05, 0.1) is 11.6 Å². The van der Waals surface area contributed by atoms with Gasteiger partial charge >= 0.3 is 5.63 Å². The molecule has 1 atom stereocenters. The van der Waals surface area contributed by atoms with Crippen LogP contribution in [0.2, 0.25) is 0 Å². The van der Waals surface area contributed by atoms with Crippen LogP contribution in [0.1, 0.15) is 35.1 Å². The molecule has 0 spiro atoms. The fourth-order valence-corrected chi connectivity index (χ4v) is 4.00. The molecule has 0 saturated heterocycles. The number of quaternary nitrogens is 1. The number of nitrogens with one attached hydrogen (secondary N) is 1. The third-order valence-corrected chi connectivity index (χ3v) is 5.71. The molecule has 0 amide bonds. The lowest BCUT2D eigenvalue weighted by atomic mass is 9.98. The summed E-state index contributed by atoms with van der Waals surface area (Å²) in [6.45, 7) is 3.61. The fraction of sp³-hybridized carbons (Fsp3) is 0.318. The van der Waals surface area contributed by atoms with Gasteiger partial charge in [0, 0.05) is 30.2 Å². The molecule has 1 aromatic heterocycles. The molecule has 26 heavy (non-hydrogen) atoms. The number of aryl methyl sites for hydroxylation is 1. The van der Waals surface area contributed by atoms with E-state index in [4.69, 9.17) is 9.15 Å². The van der Waals surface area contributed by atoms with Crippen LogP contribution >= 0.6 is 0 Å². The number of hydrogen-bond donors (Lipinski definition) is 1. The second-order valence-electron chi connectivity index (χ2n) is 7.47. The zero-order chi connectivity index (χ0) is 17.7. The Balaban J connectivity index is 1.62. The molecule has 2 aromatic carbocycles. The van der Waals surface area contributed by atoms with Crippen molar-refractivity contribution in [3.63, 3.8) is 0 Å². The van der Waals surface area contributed by atoms with Gasteiger partial charge in [-0.3, -0.25) is 4.90 Å². The third-order valence-electron chi connectivity index (χ3n) is 5.71. The van der Waals surface area contributed by atoms with E-state index in [1.165, 1.54) is 17.7 Å². The van der Waals surface area contributed by atoms with Crippen molar-refractivity contribution in [1.29, 1.82) is 0 Å². The van der Waals surface area contributed by atoms with Crippen LogP contribution in [0, 0.1) is 6.92 Å². The molecule has 4 nitrogen and oxygen atoms in total. The van der Waals surface area contributed by atoms with Crippen LogP contribution < -0.4 is 15.3 Å². The number of ether oxygens (including phenoxy) is 1. The molecule has 2 heterocycles. The third kappa shape index (κ3) is 2.61. The summed E-state index contributed by atoms with van der Waals surface area (Å²) in [5.41, 5.74) is 4.40. The monoisotopic (exact) mass is 348 g/mol. The van der Waals surface area contributed by atoms with E-state index in [0.29, 0.717) is 24.8 Å². The van der Waals surface area contributed by atoms with Crippen molar-refractivity contribution in [2.24, 2.45) is 0 Å². The van der Waals surface area contributed by atoms with Crippen LogP contribution in [0.15, 0.2) is 51.7 Å². The minimum absolute atomic E-state index is 0.231. The Hall–Kier alpha value is -2.59. The van der Waals surface area contributed by atoms with E-state index in [1.807, 2.05) is 49.4 Å². The predicted molar refractivity (Wildman–Crippen MR) is 99.7 cm³/mol. The summed E-state index contributed by atoms with van der Waals surface area (Å²) < 4.78 is 11.8. The van der Waals surface area contributed by atoms with E-state index in [2.05, 4.69) is 0 Å². The predicted octanol–water partition coefficient (Wildman–Crippen LogP) is 2.59. The standard InChI is InChI=1S/C22H21NO3/c1-14-17-9-10-20-19(12-23(13-25-20)16-7-8-16)21(17)26-22(24)18(14)11-15-5-3-2-4-6-15/h2-6,9-10,16H,7-8,11-13H2,1H3/p+1. The van der Waals surface area contributed by atoms with Gasteiger partial charge in [-0.15, -0.1) is 0 Å². The van der Waals surface area contributed by atoms with Crippen LogP contribution in [-0.4, -0.2) is 12.8 Å². The van der Waals surface area contributed by atoms with Gasteiger partial charge in [-0.25, -0.2) is 4.79 Å². The highest BCUT2D eigenvalue weighted by molar-refractivity contribution is 5.86. The Morgan fingerprint density at radius 2 is 1.92 bits per heavy atom. The smallest absolute Gasteiger partial charge is 0.340 e. The van der Waals surface area contributed by atoms with Gasteiger partial charge in [0.1, 0.15) is 12.3 Å². The molecule has 0 radical (unpaired) electrons. The van der Waals surface area contributed by atoms with Crippen LogP contribution in [0.4, 0.5) is 0 Å². The lowest BCUT2D eigenvalue weighted by molar-refractivity contribution is -0.943. The van der Waals surface area contributed by atoms with Gasteiger partial charge in [0.2, 0.25) is 6.73 Å². The van der Waals surface area contributed by atoms with Crippen LogP contribution in [-0.2, 0) is 13.0 Å². The van der Waals surface area contributed by atoms with E-state index < -0.39 is 0 Å². The Kier molecular flexibility index (Phi) is 3.61. The average molecular weight is 348 g/mol. The molecular weight excluding hydrogens is 326 g/mol. The van der Waals surface area contributed by atoms with Gasteiger partial charge in [-0.2, -0.15) is 0 Å². The lowest BCUT2D eigenvalue weighted by Crippen LogP contribution is -3.13. The summed E-state index contributed by atoms with van der Waals surface area (Å²) >= 11 is 0. The van der Waals surface area contributed by atoms with Crippen LogP contribution in [0.3, 0.4) is 0 Å². The first-order valence-electron chi connectivity index (χ1n) is 9.30. The van der Waals surface area contributed by atoms with Gasteiger partial charge in [-0.1, -0.05) is 30.3 Å². The highest BCUT2D eigenvalue weighted by Crippen LogP contribution is 2.32. The maximum absolute atomic E-state index is 12.8. The van der Waals surface area contributed by atoms with E-state index in [1.54, 1.807) is 0 Å². The minimum Gasteiger partial charge on any atom is -0.445 e. The summed E-state index contributed by atoms with van der Waals surface area (Å²) in [6, 6.07) is 14.8. The Morgan fingerprint density at radius 1 is 1.12 bits per heavy atom. The second-order valence-corrected chi connectivity index (χ2v) is 7.47. The van der Waals surface area contributed by atoms with Crippen molar-refractivity contribution in [3.8, 4) is 5.75 Å². The van der Waals surface area contributed by atoms with Crippen LogP contribution in [0.5, 0.6) is 5.75 Å². The van der Waals surface area contributed by atoms with Gasteiger partial charge in [-0.05, 0) is 30.2 Å². The largest absolute Gasteiger partial charge is 0.445 e. The van der Waals surface area contributed by atoms with E-state index in [9.17, 15) is 4.79 Å². The Labute approximate surface area is 152 Å². The molecule has 132 valence electrons. The van der Waals surface area contributed by atoms with E-state index >= 15 is 0 Å². The first-order chi connectivity index (χ1) is 12.7. The van der Waals surface area contributed by atoms with Crippen molar-refractivity contribution < 1.29 is 14.1 Å². The summed E-state index contributed by atoms with van der Waals surface area (Å²) in [5.74, 6) is 0.861. The molecule has 1 N–H and O–H groups in total. The van der Waals surface area contributed by atoms with Gasteiger partial charge < -0.3 is 9.15 Å². The lowest BCUT2D eigenvalue weighted by Gasteiger charge is -2.26. The van der Waals surface area contributed by atoms with E-state index in [-0.39, 0.29) is 5.63 Å². The van der Waals surface area contributed by atoms with Crippen molar-refractivity contribution >= 4 is 11.0 Å². The number of rotatable bonds is 3. The highest BCUT2D eigenvalue weighted by Gasteiger charge is 2.37. The molecule has 1 unspecified atom stereocenters. The molecule has 2 aliphatic rings. The van der Waals surface area contributed by atoms with Crippen molar-refractivity contribution in [1.82, 2.24) is 0 Å². The molecule has 1 fully saturated rings. The summed E-state index contributed by atoms with van der Waals surface area (Å²) in [4.78, 5) is 14.2. The molecule has 4 heteroatoms. The zero-order valence-corrected chi connectivity index (χ0v) is 14.9. The zero-order valence-electron chi connectivity index (χ0n) is 14.9. The summed E-state index contributed by atoms with van der Waals surface area (Å²) in [5, 5.41) is 1.02. The molecule has 0 bridgehead atoms. The molecule has 5 rings (SSSR count). The number of fused-ring (bicyclic) bond motifs is 3. The summed E-state index contributed by atoms with van der Waals surface area (Å²) in [6.07, 6.45) is 3.13. The first kappa shape index (κ1) is 15.6. The van der Waals surface area contributed by atoms with Crippen molar-refractivity contribution in [3.05, 3.63) is 75.1 Å². The molecular formula is C22H22NO3+. The SMILES string of the molecule is Cc1c(Cc2ccccc2)c(=O)oc2c3c(ccc12)OC[NH+](C1CC1)C3. The molecule has 1 aliphatic carbocycles. The Morgan fingerprint density at radius 3 is 2.69 bits per heavy atom. The summed E-state index contributed by atoms with van der Waals surface area (Å²) in [7, 11) is 0. The van der Waals surface area contributed by atoms with Crippen molar-refractivity contribution in [2.45, 2.75) is 38.8 Å². The van der Waals surface area contributed by atoms with Gasteiger partial charge in [0.25, 0.3) is 0 Å². The van der Waals surface area contributed by atoms with Gasteiger partial charge in [0.15, 0.2) is 5.58 Å². The maximum Gasteiger partial charge on any atom is 0.340 e. The molecule has 3 aromatic rings. The van der Waals surface area contributed by atoms with Crippen molar-refractivity contribution in [2.75, 3.05) is 6.73 Å².